The van der Waals surface area contributed by atoms with Gasteiger partial charge in [0.15, 0.2) is 0 Å². The number of sulfonamides is 1. The highest BCUT2D eigenvalue weighted by Crippen LogP contribution is 2.23. The van der Waals surface area contributed by atoms with E-state index in [-0.39, 0.29) is 10.5 Å². The Bertz CT molecular complexity index is 551. The molecular formula is C14H22N2O4S. The van der Waals surface area contributed by atoms with Gasteiger partial charge in [-0.1, -0.05) is 6.92 Å². The van der Waals surface area contributed by atoms with Crippen LogP contribution in [0.15, 0.2) is 29.2 Å². The topological polar surface area (TPSA) is 76.7 Å². The molecule has 1 fully saturated rings. The Morgan fingerprint density at radius 1 is 1.33 bits per heavy atom. The molecule has 2 N–H and O–H groups in total. The largest absolute Gasteiger partial charge is 0.382 e. The van der Waals surface area contributed by atoms with Crippen LogP contribution in [0.3, 0.4) is 0 Å². The Kier molecular flexibility index (Phi) is 5.21. The quantitative estimate of drug-likeness (QED) is 0.791. The Balaban J connectivity index is 2.00. The number of anilines is 1. The van der Waals surface area contributed by atoms with E-state index in [1.165, 1.54) is 0 Å². The number of rotatable bonds is 7. The van der Waals surface area contributed by atoms with E-state index in [0.717, 1.165) is 12.1 Å². The number of benzene rings is 1. The molecule has 7 heteroatoms. The Morgan fingerprint density at radius 3 is 2.57 bits per heavy atom. The van der Waals surface area contributed by atoms with Crippen molar-refractivity contribution in [2.75, 3.05) is 38.7 Å². The fraction of sp³-hybridized carbons (Fsp3) is 0.571. The first-order chi connectivity index (χ1) is 10.0. The zero-order chi connectivity index (χ0) is 15.3. The summed E-state index contributed by atoms with van der Waals surface area (Å²) in [7, 11) is -1.71. The van der Waals surface area contributed by atoms with E-state index in [1.807, 2.05) is 0 Å². The first-order valence-corrected chi connectivity index (χ1v) is 8.46. The second kappa shape index (κ2) is 6.74. The van der Waals surface area contributed by atoms with Crippen molar-refractivity contribution in [2.45, 2.75) is 23.8 Å². The minimum atomic E-state index is -3.40. The van der Waals surface area contributed by atoms with Gasteiger partial charge in [0.05, 0.1) is 11.5 Å². The van der Waals surface area contributed by atoms with Crippen LogP contribution in [0.5, 0.6) is 0 Å². The fourth-order valence-electron chi connectivity index (χ4n) is 2.25. The van der Waals surface area contributed by atoms with Crippen LogP contribution in [0.1, 0.15) is 13.3 Å². The smallest absolute Gasteiger partial charge is 0.240 e. The monoisotopic (exact) mass is 314 g/mol. The molecule has 0 radical (unpaired) electrons. The maximum atomic E-state index is 11.8. The summed E-state index contributed by atoms with van der Waals surface area (Å²) in [5, 5.41) is 3.27. The zero-order valence-electron chi connectivity index (χ0n) is 12.4. The predicted octanol–water partition coefficient (Wildman–Crippen LogP) is 1.20. The summed E-state index contributed by atoms with van der Waals surface area (Å²) in [4.78, 5) is 0.264. The van der Waals surface area contributed by atoms with E-state index in [2.05, 4.69) is 10.0 Å². The fourth-order valence-corrected chi connectivity index (χ4v) is 3.29. The molecule has 1 aromatic carbocycles. The van der Waals surface area contributed by atoms with E-state index >= 15 is 0 Å². The van der Waals surface area contributed by atoms with Crippen LogP contribution in [0.2, 0.25) is 0 Å². The zero-order valence-corrected chi connectivity index (χ0v) is 13.2. The predicted molar refractivity (Wildman–Crippen MR) is 81.0 cm³/mol. The van der Waals surface area contributed by atoms with Gasteiger partial charge in [-0.05, 0) is 24.3 Å². The molecule has 118 valence electrons. The Labute approximate surface area is 125 Å². The van der Waals surface area contributed by atoms with E-state index in [0.29, 0.717) is 26.3 Å². The van der Waals surface area contributed by atoms with Crippen molar-refractivity contribution in [3.63, 3.8) is 0 Å². The lowest BCUT2D eigenvalue weighted by Crippen LogP contribution is -2.39. The number of nitrogens with one attached hydrogen (secondary N) is 2. The molecule has 6 nitrogen and oxygen atoms in total. The summed E-state index contributed by atoms with van der Waals surface area (Å²) >= 11 is 0. The van der Waals surface area contributed by atoms with Gasteiger partial charge in [0.25, 0.3) is 0 Å². The molecule has 0 amide bonds. The Morgan fingerprint density at radius 2 is 2.05 bits per heavy atom. The van der Waals surface area contributed by atoms with E-state index in [9.17, 15) is 8.42 Å². The molecule has 0 aromatic heterocycles. The average Bonchev–Trinajstić information content (AvgIpc) is 2.95. The van der Waals surface area contributed by atoms with Gasteiger partial charge in [-0.15, -0.1) is 0 Å². The number of methoxy groups -OCH3 is 1. The molecule has 1 heterocycles. The second-order valence-electron chi connectivity index (χ2n) is 5.07. The third-order valence-electron chi connectivity index (χ3n) is 3.61. The van der Waals surface area contributed by atoms with Gasteiger partial charge >= 0.3 is 0 Å². The maximum absolute atomic E-state index is 11.8. The molecule has 0 spiro atoms. The van der Waals surface area contributed by atoms with Gasteiger partial charge in [-0.3, -0.25) is 0 Å². The SMILES string of the molecule is CCNS(=O)(=O)c1ccc(NCC2(OC)CCOC2)cc1. The van der Waals surface area contributed by atoms with Crippen LogP contribution in [-0.4, -0.2) is 47.4 Å². The molecule has 0 bridgehead atoms. The van der Waals surface area contributed by atoms with Crippen molar-refractivity contribution < 1.29 is 17.9 Å². The minimum Gasteiger partial charge on any atom is -0.382 e. The molecule has 2 rings (SSSR count). The number of ether oxygens (including phenoxy) is 2. The van der Waals surface area contributed by atoms with Crippen molar-refractivity contribution in [1.29, 1.82) is 0 Å². The molecule has 1 unspecified atom stereocenters. The van der Waals surface area contributed by atoms with Crippen molar-refractivity contribution in [3.8, 4) is 0 Å². The maximum Gasteiger partial charge on any atom is 0.240 e. The summed E-state index contributed by atoms with van der Waals surface area (Å²) in [6.45, 7) is 4.03. The van der Waals surface area contributed by atoms with E-state index in [1.54, 1.807) is 38.3 Å². The highest BCUT2D eigenvalue weighted by atomic mass is 32.2. The molecular weight excluding hydrogens is 292 g/mol. The van der Waals surface area contributed by atoms with Crippen molar-refractivity contribution >= 4 is 15.7 Å². The third kappa shape index (κ3) is 3.94. The van der Waals surface area contributed by atoms with Crippen molar-refractivity contribution in [2.24, 2.45) is 0 Å². The van der Waals surface area contributed by atoms with Crippen LogP contribution in [0.4, 0.5) is 5.69 Å². The van der Waals surface area contributed by atoms with Crippen LogP contribution >= 0.6 is 0 Å². The molecule has 0 aliphatic carbocycles. The summed E-state index contributed by atoms with van der Waals surface area (Å²) < 4.78 is 37.1. The van der Waals surface area contributed by atoms with Crippen LogP contribution < -0.4 is 10.0 Å². The first-order valence-electron chi connectivity index (χ1n) is 6.98. The molecule has 21 heavy (non-hydrogen) atoms. The Hall–Kier alpha value is -1.15. The highest BCUT2D eigenvalue weighted by Gasteiger charge is 2.34. The standard InChI is InChI=1S/C14H22N2O4S/c1-3-16-21(17,18)13-6-4-12(5-7-13)15-10-14(19-2)8-9-20-11-14/h4-7,15-16H,3,8-11H2,1-2H3. The highest BCUT2D eigenvalue weighted by molar-refractivity contribution is 7.89. The molecule has 1 atom stereocenters. The van der Waals surface area contributed by atoms with Crippen LogP contribution in [-0.2, 0) is 19.5 Å². The van der Waals surface area contributed by atoms with Crippen LogP contribution in [0.25, 0.3) is 0 Å². The van der Waals surface area contributed by atoms with Gasteiger partial charge in [-0.2, -0.15) is 0 Å². The molecule has 1 saturated heterocycles. The van der Waals surface area contributed by atoms with Gasteiger partial charge in [0, 0.05) is 38.9 Å². The molecule has 1 aliphatic rings. The van der Waals surface area contributed by atoms with E-state index in [4.69, 9.17) is 9.47 Å². The third-order valence-corrected chi connectivity index (χ3v) is 5.18. The molecule has 1 aliphatic heterocycles. The van der Waals surface area contributed by atoms with E-state index < -0.39 is 10.0 Å². The van der Waals surface area contributed by atoms with Gasteiger partial charge in [0.2, 0.25) is 10.0 Å². The molecule has 0 saturated carbocycles. The normalized spacial score (nSPS) is 22.4. The lowest BCUT2D eigenvalue weighted by Gasteiger charge is -2.26. The minimum absolute atomic E-state index is 0.264. The van der Waals surface area contributed by atoms with Gasteiger partial charge in [0.1, 0.15) is 5.60 Å². The van der Waals surface area contributed by atoms with Crippen LogP contribution in [0, 0.1) is 0 Å². The summed E-state index contributed by atoms with van der Waals surface area (Å²) in [5.41, 5.74) is 0.558. The van der Waals surface area contributed by atoms with Crippen molar-refractivity contribution in [1.82, 2.24) is 4.72 Å². The average molecular weight is 314 g/mol. The number of hydrogen-bond donors (Lipinski definition) is 2. The van der Waals surface area contributed by atoms with Crippen molar-refractivity contribution in [3.05, 3.63) is 24.3 Å². The number of hydrogen-bond acceptors (Lipinski definition) is 5. The first kappa shape index (κ1) is 16.2. The summed E-state index contributed by atoms with van der Waals surface area (Å²) in [6.07, 6.45) is 0.851. The lowest BCUT2D eigenvalue weighted by molar-refractivity contribution is -0.00619. The molecule has 1 aromatic rings. The van der Waals surface area contributed by atoms with Gasteiger partial charge in [-0.25, -0.2) is 13.1 Å². The van der Waals surface area contributed by atoms with Gasteiger partial charge < -0.3 is 14.8 Å². The lowest BCUT2D eigenvalue weighted by atomic mass is 10.0. The summed E-state index contributed by atoms with van der Waals surface area (Å²) in [5.74, 6) is 0. The second-order valence-corrected chi connectivity index (χ2v) is 6.84. The summed E-state index contributed by atoms with van der Waals surface area (Å²) in [6, 6.07) is 6.68.